The number of likely N-dealkylation sites (tertiary alicyclic amines) is 1. The van der Waals surface area contributed by atoms with Gasteiger partial charge in [0.1, 0.15) is 23.9 Å². The van der Waals surface area contributed by atoms with Crippen LogP contribution in [0.4, 0.5) is 10.1 Å². The SMILES string of the molecule is CN(C(=O)C(Cc1ccc(F)cc1)NS(=O)(=O)C1CC1)[C@@H](CC(C)(C)C)C(=O)N1C[C@]2(C[C@H]1C#N)C(=O)Nc1ccccc12. The molecule has 1 saturated carbocycles. The minimum absolute atomic E-state index is 0.0249. The van der Waals surface area contributed by atoms with E-state index in [2.05, 4.69) is 16.1 Å². The van der Waals surface area contributed by atoms with Crippen LogP contribution in [0, 0.1) is 22.6 Å². The van der Waals surface area contributed by atoms with Gasteiger partial charge >= 0.3 is 0 Å². The van der Waals surface area contributed by atoms with Crippen LogP contribution in [0.15, 0.2) is 48.5 Å². The number of likely N-dealkylation sites (N-methyl/N-ethyl adjacent to an activating group) is 1. The number of sulfonamides is 1. The lowest BCUT2D eigenvalue weighted by Gasteiger charge is -2.37. The van der Waals surface area contributed by atoms with E-state index in [1.807, 2.05) is 32.9 Å². The molecule has 44 heavy (non-hydrogen) atoms. The van der Waals surface area contributed by atoms with Gasteiger partial charge in [-0.3, -0.25) is 14.4 Å². The Morgan fingerprint density at radius 2 is 1.84 bits per heavy atom. The van der Waals surface area contributed by atoms with Gasteiger partial charge in [-0.05, 0) is 60.4 Å². The van der Waals surface area contributed by atoms with Crippen LogP contribution in [0.25, 0.3) is 0 Å². The van der Waals surface area contributed by atoms with Gasteiger partial charge in [0.05, 0.1) is 16.7 Å². The molecule has 2 fully saturated rings. The maximum absolute atomic E-state index is 14.4. The molecule has 2 aliphatic heterocycles. The fraction of sp³-hybridized carbons (Fsp3) is 0.500. The number of nitriles is 1. The van der Waals surface area contributed by atoms with Crippen LogP contribution in [-0.4, -0.2) is 72.9 Å². The second-order valence-electron chi connectivity index (χ2n) is 13.4. The van der Waals surface area contributed by atoms with E-state index >= 15 is 0 Å². The molecular weight excluding hydrogens is 585 g/mol. The van der Waals surface area contributed by atoms with E-state index in [0.717, 1.165) is 5.56 Å². The van der Waals surface area contributed by atoms with Crippen molar-refractivity contribution in [3.63, 3.8) is 0 Å². The molecule has 0 radical (unpaired) electrons. The monoisotopic (exact) mass is 623 g/mol. The molecule has 2 aromatic carbocycles. The molecular formula is C32H38FN5O5S. The maximum atomic E-state index is 14.4. The summed E-state index contributed by atoms with van der Waals surface area (Å²) in [4.78, 5) is 44.5. The van der Waals surface area contributed by atoms with Crippen molar-refractivity contribution < 1.29 is 27.2 Å². The lowest BCUT2D eigenvalue weighted by Crippen LogP contribution is -2.57. The van der Waals surface area contributed by atoms with Gasteiger partial charge in [-0.1, -0.05) is 51.1 Å². The van der Waals surface area contributed by atoms with Gasteiger partial charge in [0, 0.05) is 25.7 Å². The van der Waals surface area contributed by atoms with Crippen LogP contribution < -0.4 is 10.0 Å². The number of rotatable bonds is 9. The van der Waals surface area contributed by atoms with Crippen molar-refractivity contribution >= 4 is 33.4 Å². The van der Waals surface area contributed by atoms with Crippen LogP contribution >= 0.6 is 0 Å². The molecule has 234 valence electrons. The number of nitrogens with one attached hydrogen (secondary N) is 2. The van der Waals surface area contributed by atoms with E-state index in [-0.39, 0.29) is 31.7 Å². The Morgan fingerprint density at radius 1 is 1.18 bits per heavy atom. The molecule has 5 rings (SSSR count). The van der Waals surface area contributed by atoms with Crippen molar-refractivity contribution in [1.29, 1.82) is 5.26 Å². The van der Waals surface area contributed by atoms with E-state index < -0.39 is 61.9 Å². The number of anilines is 1. The number of amides is 3. The molecule has 0 bridgehead atoms. The summed E-state index contributed by atoms with van der Waals surface area (Å²) < 4.78 is 42.1. The maximum Gasteiger partial charge on any atom is 0.246 e. The van der Waals surface area contributed by atoms with Crippen molar-refractivity contribution in [2.75, 3.05) is 18.9 Å². The number of fused-ring (bicyclic) bond motifs is 2. The van der Waals surface area contributed by atoms with E-state index in [4.69, 9.17) is 0 Å². The van der Waals surface area contributed by atoms with Crippen LogP contribution in [0.3, 0.4) is 0 Å². The molecule has 12 heteroatoms. The van der Waals surface area contributed by atoms with Crippen molar-refractivity contribution in [3.05, 3.63) is 65.5 Å². The van der Waals surface area contributed by atoms with E-state index in [0.29, 0.717) is 24.1 Å². The molecule has 0 aromatic heterocycles. The molecule has 3 amide bonds. The second kappa shape index (κ2) is 11.6. The first kappa shape index (κ1) is 31.6. The molecule has 1 unspecified atom stereocenters. The molecule has 1 spiro atoms. The first-order valence-electron chi connectivity index (χ1n) is 14.8. The number of halogens is 1. The topological polar surface area (TPSA) is 140 Å². The van der Waals surface area contributed by atoms with Gasteiger partial charge in [-0.25, -0.2) is 17.5 Å². The van der Waals surface area contributed by atoms with Gasteiger partial charge in [0.2, 0.25) is 27.7 Å². The standard InChI is InChI=1S/C32H38FN5O5S/c1-31(2,3)17-27(29(40)38-19-32(16-22(38)18-34)24-7-5-6-8-25(24)35-30(32)41)37(4)28(39)26(36-44(42,43)23-13-14-23)15-20-9-11-21(33)12-10-20/h5-12,22-23,26-27,36H,13-17,19H2,1-4H3,(H,35,41)/t22-,26?,27-,32-/m0/s1. The number of carbonyl (C=O) groups excluding carboxylic acids is 3. The fourth-order valence-electron chi connectivity index (χ4n) is 6.26. The molecule has 2 heterocycles. The first-order chi connectivity index (χ1) is 20.6. The highest BCUT2D eigenvalue weighted by molar-refractivity contribution is 7.90. The van der Waals surface area contributed by atoms with Crippen molar-refractivity contribution in [1.82, 2.24) is 14.5 Å². The van der Waals surface area contributed by atoms with Crippen LogP contribution in [0.5, 0.6) is 0 Å². The Hall–Kier alpha value is -3.82. The third-order valence-electron chi connectivity index (χ3n) is 8.74. The highest BCUT2D eigenvalue weighted by atomic mass is 32.2. The Labute approximate surface area is 257 Å². The predicted octanol–water partition coefficient (Wildman–Crippen LogP) is 3.10. The largest absolute Gasteiger partial charge is 0.332 e. The summed E-state index contributed by atoms with van der Waals surface area (Å²) in [6.07, 6.45) is 1.29. The van der Waals surface area contributed by atoms with Crippen molar-refractivity contribution in [3.8, 4) is 6.07 Å². The Morgan fingerprint density at radius 3 is 2.45 bits per heavy atom. The lowest BCUT2D eigenvalue weighted by atomic mass is 9.80. The summed E-state index contributed by atoms with van der Waals surface area (Å²) in [6.45, 7) is 5.74. The average Bonchev–Trinajstić information content (AvgIpc) is 3.71. The van der Waals surface area contributed by atoms with Gasteiger partial charge in [-0.15, -0.1) is 0 Å². The molecule has 4 atom stereocenters. The minimum atomic E-state index is -3.81. The summed E-state index contributed by atoms with van der Waals surface area (Å²) in [5, 5.41) is 12.4. The number of hydrogen-bond acceptors (Lipinski definition) is 6. The summed E-state index contributed by atoms with van der Waals surface area (Å²) >= 11 is 0. The number of para-hydroxylation sites is 1. The number of carbonyl (C=O) groups is 3. The Balaban J connectivity index is 1.46. The number of nitrogens with zero attached hydrogens (tertiary/aromatic N) is 3. The van der Waals surface area contributed by atoms with Crippen molar-refractivity contribution in [2.45, 2.75) is 81.7 Å². The zero-order valence-electron chi connectivity index (χ0n) is 25.3. The van der Waals surface area contributed by atoms with Crippen LogP contribution in [0.2, 0.25) is 0 Å². The first-order valence-corrected chi connectivity index (χ1v) is 16.3. The van der Waals surface area contributed by atoms with Gasteiger partial charge in [0.25, 0.3) is 0 Å². The number of hydrogen-bond donors (Lipinski definition) is 2. The van der Waals surface area contributed by atoms with Gasteiger partial charge in [-0.2, -0.15) is 5.26 Å². The van der Waals surface area contributed by atoms with E-state index in [1.165, 1.54) is 41.1 Å². The Bertz CT molecular complexity index is 1610. The summed E-state index contributed by atoms with van der Waals surface area (Å²) in [6, 6.07) is 11.7. The molecule has 1 aliphatic carbocycles. The second-order valence-corrected chi connectivity index (χ2v) is 15.4. The normalized spacial score (nSPS) is 22.7. The predicted molar refractivity (Wildman–Crippen MR) is 162 cm³/mol. The van der Waals surface area contributed by atoms with E-state index in [9.17, 15) is 32.5 Å². The zero-order chi connectivity index (χ0) is 32.0. The average molecular weight is 624 g/mol. The smallest absolute Gasteiger partial charge is 0.246 e. The van der Waals surface area contributed by atoms with Crippen LogP contribution in [0.1, 0.15) is 57.6 Å². The molecule has 2 aromatic rings. The van der Waals surface area contributed by atoms with Gasteiger partial charge < -0.3 is 15.1 Å². The molecule has 10 nitrogen and oxygen atoms in total. The lowest BCUT2D eigenvalue weighted by molar-refractivity contribution is -0.146. The minimum Gasteiger partial charge on any atom is -0.332 e. The fourth-order valence-corrected chi connectivity index (χ4v) is 7.79. The number of benzene rings is 2. The summed E-state index contributed by atoms with van der Waals surface area (Å²) in [7, 11) is -2.34. The third-order valence-corrected chi connectivity index (χ3v) is 10.7. The highest BCUT2D eigenvalue weighted by Crippen LogP contribution is 2.46. The molecule has 3 aliphatic rings. The molecule has 1 saturated heterocycles. The molecule has 2 N–H and O–H groups in total. The third kappa shape index (κ3) is 6.21. The van der Waals surface area contributed by atoms with E-state index in [1.54, 1.807) is 12.1 Å². The Kier molecular flexibility index (Phi) is 8.33. The van der Waals surface area contributed by atoms with Crippen LogP contribution in [-0.2, 0) is 36.2 Å². The van der Waals surface area contributed by atoms with Crippen molar-refractivity contribution in [2.24, 2.45) is 5.41 Å². The zero-order valence-corrected chi connectivity index (χ0v) is 26.2. The summed E-state index contributed by atoms with van der Waals surface area (Å²) in [5.74, 6) is -1.84. The highest BCUT2D eigenvalue weighted by Gasteiger charge is 2.57. The quantitative estimate of drug-likeness (QED) is 0.440. The van der Waals surface area contributed by atoms with Gasteiger partial charge in [0.15, 0.2) is 0 Å². The summed E-state index contributed by atoms with van der Waals surface area (Å²) in [5.41, 5.74) is 0.394.